The van der Waals surface area contributed by atoms with Crippen molar-refractivity contribution < 1.29 is 0 Å². The summed E-state index contributed by atoms with van der Waals surface area (Å²) in [7, 11) is 4.31. The standard InChI is InChI=1S/C16H27N3/c1-13-6-5-7-15(14(13)2)19-10-8-16(12-17,9-11-19)18(3)4/h5-7H,8-12,17H2,1-4H3. The minimum absolute atomic E-state index is 0.189. The topological polar surface area (TPSA) is 32.5 Å². The molecule has 2 N–H and O–H groups in total. The Morgan fingerprint density at radius 2 is 1.84 bits per heavy atom. The highest BCUT2D eigenvalue weighted by Crippen LogP contribution is 2.31. The molecule has 1 fully saturated rings. The fraction of sp³-hybridized carbons (Fsp3) is 0.625. The second-order valence-electron chi connectivity index (χ2n) is 6.03. The molecule has 3 heteroatoms. The lowest BCUT2D eigenvalue weighted by atomic mass is 9.86. The summed E-state index contributed by atoms with van der Waals surface area (Å²) in [5.41, 5.74) is 10.4. The van der Waals surface area contributed by atoms with Crippen molar-refractivity contribution in [3.05, 3.63) is 29.3 Å². The van der Waals surface area contributed by atoms with Crippen LogP contribution in [0.3, 0.4) is 0 Å². The van der Waals surface area contributed by atoms with Gasteiger partial charge in [0, 0.05) is 30.9 Å². The summed E-state index contributed by atoms with van der Waals surface area (Å²) in [5.74, 6) is 0. The van der Waals surface area contributed by atoms with Crippen LogP contribution in [0.1, 0.15) is 24.0 Å². The van der Waals surface area contributed by atoms with E-state index in [1.165, 1.54) is 16.8 Å². The number of piperidine rings is 1. The van der Waals surface area contributed by atoms with Crippen LogP contribution in [-0.4, -0.2) is 44.2 Å². The molecule has 1 heterocycles. The van der Waals surface area contributed by atoms with Crippen LogP contribution < -0.4 is 10.6 Å². The number of hydrogen-bond acceptors (Lipinski definition) is 3. The van der Waals surface area contributed by atoms with Crippen LogP contribution in [0.2, 0.25) is 0 Å². The summed E-state index contributed by atoms with van der Waals surface area (Å²) >= 11 is 0. The SMILES string of the molecule is Cc1cccc(N2CCC(CN)(N(C)C)CC2)c1C. The molecule has 2 rings (SSSR count). The second kappa shape index (κ2) is 5.51. The molecule has 0 saturated carbocycles. The Morgan fingerprint density at radius 1 is 1.21 bits per heavy atom. The maximum absolute atomic E-state index is 6.02. The highest BCUT2D eigenvalue weighted by Gasteiger charge is 2.35. The molecule has 1 aromatic carbocycles. The zero-order chi connectivity index (χ0) is 14.0. The summed E-state index contributed by atoms with van der Waals surface area (Å²) in [5, 5.41) is 0. The molecule has 0 amide bonds. The van der Waals surface area contributed by atoms with Gasteiger partial charge < -0.3 is 15.5 Å². The van der Waals surface area contributed by atoms with Gasteiger partial charge in [0.2, 0.25) is 0 Å². The highest BCUT2D eigenvalue weighted by molar-refractivity contribution is 5.56. The summed E-state index contributed by atoms with van der Waals surface area (Å²) in [6.07, 6.45) is 2.29. The molecule has 0 bridgehead atoms. The molecular weight excluding hydrogens is 234 g/mol. The Hall–Kier alpha value is -1.06. The normalized spacial score (nSPS) is 18.9. The molecule has 106 valence electrons. The van der Waals surface area contributed by atoms with Gasteiger partial charge in [0.1, 0.15) is 0 Å². The molecule has 0 unspecified atom stereocenters. The number of likely N-dealkylation sites (N-methyl/N-ethyl adjacent to an activating group) is 1. The average Bonchev–Trinajstić information content (AvgIpc) is 2.42. The number of anilines is 1. The number of benzene rings is 1. The minimum atomic E-state index is 0.189. The summed E-state index contributed by atoms with van der Waals surface area (Å²) in [6.45, 7) is 7.36. The van der Waals surface area contributed by atoms with E-state index in [4.69, 9.17) is 5.73 Å². The molecule has 1 aliphatic rings. The summed E-state index contributed by atoms with van der Waals surface area (Å²) in [6, 6.07) is 6.59. The number of nitrogens with two attached hydrogens (primary N) is 1. The van der Waals surface area contributed by atoms with Crippen molar-refractivity contribution >= 4 is 5.69 Å². The summed E-state index contributed by atoms with van der Waals surface area (Å²) < 4.78 is 0. The van der Waals surface area contributed by atoms with Crippen LogP contribution in [0.4, 0.5) is 5.69 Å². The van der Waals surface area contributed by atoms with Gasteiger partial charge in [-0.1, -0.05) is 12.1 Å². The average molecular weight is 261 g/mol. The zero-order valence-corrected chi connectivity index (χ0v) is 12.7. The molecule has 0 atom stereocenters. The maximum Gasteiger partial charge on any atom is 0.0398 e. The smallest absolute Gasteiger partial charge is 0.0398 e. The molecule has 1 saturated heterocycles. The Morgan fingerprint density at radius 3 is 2.37 bits per heavy atom. The van der Waals surface area contributed by atoms with E-state index in [0.29, 0.717) is 0 Å². The lowest BCUT2D eigenvalue weighted by Crippen LogP contribution is -2.57. The van der Waals surface area contributed by atoms with Crippen molar-refractivity contribution in [1.82, 2.24) is 4.90 Å². The number of nitrogens with zero attached hydrogens (tertiary/aromatic N) is 2. The first-order valence-corrected chi connectivity index (χ1v) is 7.19. The van der Waals surface area contributed by atoms with Crippen LogP contribution in [0.15, 0.2) is 18.2 Å². The second-order valence-corrected chi connectivity index (χ2v) is 6.03. The van der Waals surface area contributed by atoms with E-state index in [1.807, 2.05) is 0 Å². The van der Waals surface area contributed by atoms with Gasteiger partial charge in [-0.25, -0.2) is 0 Å². The Labute approximate surface area is 117 Å². The van der Waals surface area contributed by atoms with Crippen molar-refractivity contribution in [2.45, 2.75) is 32.2 Å². The molecule has 19 heavy (non-hydrogen) atoms. The van der Waals surface area contributed by atoms with Gasteiger partial charge in [0.25, 0.3) is 0 Å². The van der Waals surface area contributed by atoms with Crippen LogP contribution in [0.5, 0.6) is 0 Å². The van der Waals surface area contributed by atoms with Gasteiger partial charge in [-0.15, -0.1) is 0 Å². The van der Waals surface area contributed by atoms with Crippen molar-refractivity contribution in [2.75, 3.05) is 38.6 Å². The molecule has 0 aliphatic carbocycles. The molecule has 0 radical (unpaired) electrons. The van der Waals surface area contributed by atoms with E-state index in [2.05, 4.69) is 55.9 Å². The number of aryl methyl sites for hydroxylation is 1. The van der Waals surface area contributed by atoms with Crippen LogP contribution in [0, 0.1) is 13.8 Å². The fourth-order valence-corrected chi connectivity index (χ4v) is 3.08. The fourth-order valence-electron chi connectivity index (χ4n) is 3.08. The number of rotatable bonds is 3. The Balaban J connectivity index is 2.14. The van der Waals surface area contributed by atoms with Gasteiger partial charge >= 0.3 is 0 Å². The largest absolute Gasteiger partial charge is 0.371 e. The lowest BCUT2D eigenvalue weighted by Gasteiger charge is -2.46. The third-order valence-electron chi connectivity index (χ3n) is 4.94. The molecule has 1 aliphatic heterocycles. The monoisotopic (exact) mass is 261 g/mol. The van der Waals surface area contributed by atoms with Gasteiger partial charge in [-0.05, 0) is 58.0 Å². The third kappa shape index (κ3) is 2.63. The van der Waals surface area contributed by atoms with E-state index in [0.717, 1.165) is 32.5 Å². The quantitative estimate of drug-likeness (QED) is 0.905. The van der Waals surface area contributed by atoms with E-state index in [9.17, 15) is 0 Å². The van der Waals surface area contributed by atoms with Gasteiger partial charge in [0.15, 0.2) is 0 Å². The van der Waals surface area contributed by atoms with Crippen LogP contribution in [0.25, 0.3) is 0 Å². The van der Waals surface area contributed by atoms with Crippen LogP contribution in [-0.2, 0) is 0 Å². The van der Waals surface area contributed by atoms with E-state index in [-0.39, 0.29) is 5.54 Å². The Kier molecular flexibility index (Phi) is 4.16. The molecular formula is C16H27N3. The van der Waals surface area contributed by atoms with Crippen molar-refractivity contribution in [2.24, 2.45) is 5.73 Å². The highest BCUT2D eigenvalue weighted by atomic mass is 15.2. The number of hydrogen-bond donors (Lipinski definition) is 1. The van der Waals surface area contributed by atoms with E-state index in [1.54, 1.807) is 0 Å². The summed E-state index contributed by atoms with van der Waals surface area (Å²) in [4.78, 5) is 4.83. The first-order chi connectivity index (χ1) is 9.00. The van der Waals surface area contributed by atoms with Crippen molar-refractivity contribution in [3.8, 4) is 0 Å². The molecule has 1 aromatic rings. The van der Waals surface area contributed by atoms with E-state index >= 15 is 0 Å². The lowest BCUT2D eigenvalue weighted by molar-refractivity contribution is 0.125. The van der Waals surface area contributed by atoms with Crippen LogP contribution >= 0.6 is 0 Å². The van der Waals surface area contributed by atoms with Gasteiger partial charge in [0.05, 0.1) is 0 Å². The first-order valence-electron chi connectivity index (χ1n) is 7.19. The predicted octanol–water partition coefficient (Wildman–Crippen LogP) is 2.16. The molecule has 0 spiro atoms. The zero-order valence-electron chi connectivity index (χ0n) is 12.7. The maximum atomic E-state index is 6.02. The van der Waals surface area contributed by atoms with Crippen molar-refractivity contribution in [1.29, 1.82) is 0 Å². The first kappa shape index (κ1) is 14.4. The molecule has 0 aromatic heterocycles. The Bertz CT molecular complexity index is 432. The third-order valence-corrected chi connectivity index (χ3v) is 4.94. The molecule has 3 nitrogen and oxygen atoms in total. The van der Waals surface area contributed by atoms with Crippen molar-refractivity contribution in [3.63, 3.8) is 0 Å². The minimum Gasteiger partial charge on any atom is -0.371 e. The van der Waals surface area contributed by atoms with Gasteiger partial charge in [-0.3, -0.25) is 0 Å². The predicted molar refractivity (Wildman–Crippen MR) is 82.8 cm³/mol. The van der Waals surface area contributed by atoms with E-state index < -0.39 is 0 Å². The van der Waals surface area contributed by atoms with Gasteiger partial charge in [-0.2, -0.15) is 0 Å².